The van der Waals surface area contributed by atoms with E-state index in [0.29, 0.717) is 11.8 Å². The van der Waals surface area contributed by atoms with Crippen molar-refractivity contribution < 1.29 is 0 Å². The van der Waals surface area contributed by atoms with E-state index in [4.69, 9.17) is 4.98 Å². The van der Waals surface area contributed by atoms with Crippen molar-refractivity contribution in [1.82, 2.24) is 9.55 Å². The Morgan fingerprint density at radius 2 is 0.850 bits per heavy atom. The van der Waals surface area contributed by atoms with Gasteiger partial charge in [0.15, 0.2) is 0 Å². The molecule has 236 valence electrons. The number of nitrogens with zero attached hydrogens (tertiary/aromatic N) is 2. The second kappa shape index (κ2) is 27.1. The fourth-order valence-electron chi connectivity index (χ4n) is 6.20. The third kappa shape index (κ3) is 20.1. The van der Waals surface area contributed by atoms with Gasteiger partial charge in [0.1, 0.15) is 5.82 Å². The van der Waals surface area contributed by atoms with Crippen molar-refractivity contribution in [2.75, 3.05) is 0 Å². The van der Waals surface area contributed by atoms with E-state index in [-0.39, 0.29) is 0 Å². The van der Waals surface area contributed by atoms with Crippen LogP contribution in [-0.2, 0) is 6.54 Å². The number of hydrogen-bond acceptors (Lipinski definition) is 1. The molecule has 2 heteroatoms. The van der Waals surface area contributed by atoms with Crippen molar-refractivity contribution in [2.24, 2.45) is 0 Å². The highest BCUT2D eigenvalue weighted by Crippen LogP contribution is 2.25. The molecule has 0 aromatic carbocycles. The number of hydrogen-bond donors (Lipinski definition) is 0. The summed E-state index contributed by atoms with van der Waals surface area (Å²) >= 11 is 0. The third-order valence-corrected chi connectivity index (χ3v) is 9.10. The maximum Gasteiger partial charge on any atom is 0.111 e. The van der Waals surface area contributed by atoms with Crippen molar-refractivity contribution in [2.45, 2.75) is 226 Å². The molecule has 1 rings (SSSR count). The third-order valence-electron chi connectivity index (χ3n) is 9.10. The average Bonchev–Trinajstić information content (AvgIpc) is 3.38. The van der Waals surface area contributed by atoms with Crippen molar-refractivity contribution >= 4 is 0 Å². The van der Waals surface area contributed by atoms with Crippen molar-refractivity contribution in [3.8, 4) is 0 Å². The maximum absolute atomic E-state index is 5.13. The van der Waals surface area contributed by atoms with Crippen LogP contribution in [-0.4, -0.2) is 9.55 Å². The van der Waals surface area contributed by atoms with Gasteiger partial charge < -0.3 is 4.57 Å². The van der Waals surface area contributed by atoms with Gasteiger partial charge in [0.2, 0.25) is 0 Å². The Morgan fingerprint density at radius 1 is 0.500 bits per heavy atom. The molecular weight excluding hydrogens is 484 g/mol. The van der Waals surface area contributed by atoms with Gasteiger partial charge in [-0.15, -0.1) is 0 Å². The zero-order valence-corrected chi connectivity index (χ0v) is 28.4. The Labute approximate surface area is 253 Å². The molecule has 0 aliphatic carbocycles. The lowest BCUT2D eigenvalue weighted by atomic mass is 10.0. The lowest BCUT2D eigenvalue weighted by Crippen LogP contribution is -2.07. The van der Waals surface area contributed by atoms with Crippen LogP contribution in [0.5, 0.6) is 0 Å². The lowest BCUT2D eigenvalue weighted by molar-refractivity contribution is 0.495. The van der Waals surface area contributed by atoms with E-state index in [9.17, 15) is 0 Å². The highest BCUT2D eigenvalue weighted by atomic mass is 15.1. The van der Waals surface area contributed by atoms with Gasteiger partial charge in [-0.3, -0.25) is 0 Å². The summed E-state index contributed by atoms with van der Waals surface area (Å²) in [6.07, 6.45) is 40.8. The molecular formula is C38H74N2. The van der Waals surface area contributed by atoms with E-state index in [1.807, 2.05) is 0 Å². The van der Waals surface area contributed by atoms with Crippen molar-refractivity contribution in [1.29, 1.82) is 0 Å². The quantitative estimate of drug-likeness (QED) is 0.0858. The smallest absolute Gasteiger partial charge is 0.111 e. The van der Waals surface area contributed by atoms with Gasteiger partial charge in [0, 0.05) is 18.7 Å². The van der Waals surface area contributed by atoms with Crippen LogP contribution in [0, 0.1) is 0 Å². The number of rotatable bonds is 30. The molecule has 2 nitrogen and oxygen atoms in total. The molecule has 0 saturated carbocycles. The first-order valence-corrected chi connectivity index (χ1v) is 18.7. The molecule has 0 aliphatic heterocycles. The van der Waals surface area contributed by atoms with Gasteiger partial charge in [0.05, 0.1) is 5.69 Å². The largest absolute Gasteiger partial charge is 0.334 e. The first-order chi connectivity index (χ1) is 19.6. The van der Waals surface area contributed by atoms with Crippen molar-refractivity contribution in [3.63, 3.8) is 0 Å². The minimum atomic E-state index is 0.523. The van der Waals surface area contributed by atoms with Gasteiger partial charge in [-0.1, -0.05) is 195 Å². The summed E-state index contributed by atoms with van der Waals surface area (Å²) in [5.74, 6) is 2.47. The Morgan fingerprint density at radius 3 is 1.23 bits per heavy atom. The molecule has 40 heavy (non-hydrogen) atoms. The normalized spacial score (nSPS) is 12.6. The van der Waals surface area contributed by atoms with E-state index >= 15 is 0 Å². The molecule has 1 atom stereocenters. The molecule has 1 heterocycles. The first kappa shape index (κ1) is 37.2. The predicted molar refractivity (Wildman–Crippen MR) is 181 cm³/mol. The molecule has 1 unspecified atom stereocenters. The lowest BCUT2D eigenvalue weighted by Gasteiger charge is -2.14. The Bertz CT molecular complexity index is 646. The number of imidazole rings is 1. The molecule has 0 N–H and O–H groups in total. The van der Waals surface area contributed by atoms with Gasteiger partial charge >= 0.3 is 0 Å². The molecule has 1 aromatic rings. The average molecular weight is 559 g/mol. The van der Waals surface area contributed by atoms with Crippen LogP contribution in [0.15, 0.2) is 6.20 Å². The van der Waals surface area contributed by atoms with Gasteiger partial charge in [0.25, 0.3) is 0 Å². The topological polar surface area (TPSA) is 17.8 Å². The summed E-state index contributed by atoms with van der Waals surface area (Å²) in [5, 5.41) is 0. The van der Waals surface area contributed by atoms with Crippen LogP contribution in [0.3, 0.4) is 0 Å². The molecule has 0 spiro atoms. The van der Waals surface area contributed by atoms with Crippen LogP contribution in [0.4, 0.5) is 0 Å². The van der Waals surface area contributed by atoms with Gasteiger partial charge in [-0.05, 0) is 18.8 Å². The Balaban J connectivity index is 2.12. The SMILES string of the molecule is CCCCCCCCCCCCCCCCCCn1cc(C(C)C)nc1C(C)CCCCCCCCCCCC. The van der Waals surface area contributed by atoms with Crippen LogP contribution in [0.2, 0.25) is 0 Å². The zero-order chi connectivity index (χ0) is 29.1. The molecule has 0 bridgehead atoms. The molecule has 0 fully saturated rings. The monoisotopic (exact) mass is 559 g/mol. The number of unbranched alkanes of at least 4 members (excludes halogenated alkanes) is 24. The fraction of sp³-hybridized carbons (Fsp3) is 0.921. The van der Waals surface area contributed by atoms with Crippen LogP contribution < -0.4 is 0 Å². The summed E-state index contributed by atoms with van der Waals surface area (Å²) < 4.78 is 2.53. The molecule has 1 aromatic heterocycles. The minimum absolute atomic E-state index is 0.523. The second-order valence-electron chi connectivity index (χ2n) is 13.5. The maximum atomic E-state index is 5.13. The fourth-order valence-corrected chi connectivity index (χ4v) is 6.20. The van der Waals surface area contributed by atoms with E-state index in [2.05, 4.69) is 45.4 Å². The minimum Gasteiger partial charge on any atom is -0.334 e. The molecule has 0 aliphatic rings. The summed E-state index contributed by atoms with van der Waals surface area (Å²) in [5.41, 5.74) is 1.29. The number of aryl methyl sites for hydroxylation is 1. The van der Waals surface area contributed by atoms with Crippen molar-refractivity contribution in [3.05, 3.63) is 17.7 Å². The summed E-state index contributed by atoms with van der Waals surface area (Å²) in [6.45, 7) is 12.8. The highest BCUT2D eigenvalue weighted by Gasteiger charge is 2.16. The Hall–Kier alpha value is -0.790. The first-order valence-electron chi connectivity index (χ1n) is 18.7. The molecule has 0 saturated heterocycles. The standard InChI is InChI=1S/C38H74N2/c1-6-8-10-12-14-16-18-19-20-21-22-23-25-27-29-31-33-40-34-37(35(3)4)39-38(40)36(5)32-30-28-26-24-17-15-13-11-9-7-2/h34-36H,6-33H2,1-5H3. The molecule has 0 amide bonds. The second-order valence-corrected chi connectivity index (χ2v) is 13.5. The summed E-state index contributed by atoms with van der Waals surface area (Å²) in [7, 11) is 0. The predicted octanol–water partition coefficient (Wildman–Crippen LogP) is 13.7. The van der Waals surface area contributed by atoms with E-state index in [0.717, 1.165) is 6.54 Å². The highest BCUT2D eigenvalue weighted by molar-refractivity contribution is 5.11. The van der Waals surface area contributed by atoms with E-state index in [1.54, 1.807) is 0 Å². The van der Waals surface area contributed by atoms with E-state index in [1.165, 1.54) is 185 Å². The molecule has 0 radical (unpaired) electrons. The summed E-state index contributed by atoms with van der Waals surface area (Å²) in [6, 6.07) is 0. The number of aromatic nitrogens is 2. The Kier molecular flexibility index (Phi) is 25.2. The van der Waals surface area contributed by atoms with Gasteiger partial charge in [-0.2, -0.15) is 0 Å². The van der Waals surface area contributed by atoms with E-state index < -0.39 is 0 Å². The van der Waals surface area contributed by atoms with Crippen LogP contribution in [0.1, 0.15) is 231 Å². The summed E-state index contributed by atoms with van der Waals surface area (Å²) in [4.78, 5) is 5.13. The van der Waals surface area contributed by atoms with Crippen LogP contribution >= 0.6 is 0 Å². The van der Waals surface area contributed by atoms with Gasteiger partial charge in [-0.25, -0.2) is 4.98 Å². The zero-order valence-electron chi connectivity index (χ0n) is 28.4. The van der Waals surface area contributed by atoms with Crippen LogP contribution in [0.25, 0.3) is 0 Å².